The van der Waals surface area contributed by atoms with Gasteiger partial charge in [0.1, 0.15) is 11.2 Å². The Hall–Kier alpha value is -3.35. The minimum Gasteiger partial charge on any atom is -0.368 e. The van der Waals surface area contributed by atoms with Crippen molar-refractivity contribution in [3.05, 3.63) is 57.6 Å². The molecule has 3 aromatic rings. The lowest BCUT2D eigenvalue weighted by Gasteiger charge is -2.33. The van der Waals surface area contributed by atoms with Gasteiger partial charge in [-0.25, -0.2) is 9.78 Å². The van der Waals surface area contributed by atoms with Crippen LogP contribution >= 0.6 is 12.4 Å². The Labute approximate surface area is 191 Å². The molecule has 2 aromatic heterocycles. The van der Waals surface area contributed by atoms with Crippen LogP contribution in [-0.2, 0) is 13.6 Å². The largest absolute Gasteiger partial charge is 0.368 e. The maximum absolute atomic E-state index is 13.2. The highest BCUT2D eigenvalue weighted by molar-refractivity contribution is 5.98. The van der Waals surface area contributed by atoms with E-state index in [0.29, 0.717) is 23.3 Å². The van der Waals surface area contributed by atoms with Crippen molar-refractivity contribution in [3.63, 3.8) is 0 Å². The lowest BCUT2D eigenvalue weighted by molar-refractivity contribution is 0.0958. The minimum absolute atomic E-state index is 0. The Morgan fingerprint density at radius 2 is 2.12 bits per heavy atom. The first-order chi connectivity index (χ1) is 14.9. The maximum Gasteiger partial charge on any atom is 0.330 e. The van der Waals surface area contributed by atoms with Gasteiger partial charge in [0.2, 0.25) is 0 Å². The number of pyridine rings is 1. The van der Waals surface area contributed by atoms with Crippen LogP contribution in [0.15, 0.2) is 35.1 Å². The summed E-state index contributed by atoms with van der Waals surface area (Å²) in [6.07, 6.45) is 1.86. The zero-order chi connectivity index (χ0) is 22.1. The number of halogens is 1. The topological polar surface area (TPSA) is 122 Å². The van der Waals surface area contributed by atoms with E-state index in [1.807, 2.05) is 12.1 Å². The third kappa shape index (κ3) is 4.07. The van der Waals surface area contributed by atoms with Crippen molar-refractivity contribution in [1.29, 1.82) is 5.26 Å². The molecule has 4 rings (SSSR count). The molecule has 1 fully saturated rings. The number of carbonyl (C=O) groups is 1. The first-order valence-electron chi connectivity index (χ1n) is 10.3. The van der Waals surface area contributed by atoms with Crippen molar-refractivity contribution in [2.75, 3.05) is 25.0 Å². The average molecular weight is 456 g/mol. The van der Waals surface area contributed by atoms with Gasteiger partial charge in [-0.1, -0.05) is 18.2 Å². The van der Waals surface area contributed by atoms with E-state index in [1.54, 1.807) is 36.9 Å². The standard InChI is InChI=1S/C22H25N7O2.ClH/c1-25-21(30)17-10-18(28-9-5-8-16(24)13-28)19-20(26-17)27(2)22(31)29(19)12-15-7-4-3-6-14(15)11-23;/h3-4,6-7,10,16H,5,8-9,12-13,24H2,1-2H3,(H,25,30);1H/t16-;/m1./s1. The average Bonchev–Trinajstić information content (AvgIpc) is 3.03. The van der Waals surface area contributed by atoms with Crippen molar-refractivity contribution >= 4 is 35.2 Å². The number of imidazole rings is 1. The molecule has 1 saturated heterocycles. The molecule has 3 N–H and O–H groups in total. The van der Waals surface area contributed by atoms with Gasteiger partial charge in [0, 0.05) is 33.2 Å². The van der Waals surface area contributed by atoms with Crippen molar-refractivity contribution in [1.82, 2.24) is 19.4 Å². The van der Waals surface area contributed by atoms with Crippen LogP contribution in [0.2, 0.25) is 0 Å². The SMILES string of the molecule is CNC(=O)c1cc(N2CCC[C@@H](N)C2)c2c(n1)n(C)c(=O)n2Cc1ccccc1C#N.Cl. The Morgan fingerprint density at radius 3 is 2.81 bits per heavy atom. The van der Waals surface area contributed by atoms with Crippen LogP contribution in [0.1, 0.15) is 34.5 Å². The molecule has 168 valence electrons. The smallest absolute Gasteiger partial charge is 0.330 e. The van der Waals surface area contributed by atoms with Gasteiger partial charge < -0.3 is 16.0 Å². The van der Waals surface area contributed by atoms with Crippen molar-refractivity contribution in [2.45, 2.75) is 25.4 Å². The number of nitrogens with zero attached hydrogens (tertiary/aromatic N) is 5. The lowest BCUT2D eigenvalue weighted by atomic mass is 10.1. The molecule has 0 bridgehead atoms. The van der Waals surface area contributed by atoms with Crippen molar-refractivity contribution in [3.8, 4) is 6.07 Å². The van der Waals surface area contributed by atoms with Crippen LogP contribution in [0.4, 0.5) is 5.69 Å². The number of fused-ring (bicyclic) bond motifs is 1. The zero-order valence-corrected chi connectivity index (χ0v) is 18.9. The highest BCUT2D eigenvalue weighted by atomic mass is 35.5. The number of hydrogen-bond acceptors (Lipinski definition) is 6. The third-order valence-electron chi connectivity index (χ3n) is 5.78. The zero-order valence-electron chi connectivity index (χ0n) is 18.0. The first kappa shape index (κ1) is 23.3. The third-order valence-corrected chi connectivity index (χ3v) is 5.78. The highest BCUT2D eigenvalue weighted by Gasteiger charge is 2.25. The number of benzene rings is 1. The minimum atomic E-state index is -0.320. The Balaban J connectivity index is 0.00000289. The van der Waals surface area contributed by atoms with E-state index in [4.69, 9.17) is 5.73 Å². The van der Waals surface area contributed by atoms with Crippen molar-refractivity contribution in [2.24, 2.45) is 12.8 Å². The highest BCUT2D eigenvalue weighted by Crippen LogP contribution is 2.29. The fraction of sp³-hybridized carbons (Fsp3) is 0.364. The molecule has 1 amide bonds. The molecular weight excluding hydrogens is 430 g/mol. The molecule has 3 heterocycles. The molecular formula is C22H26ClN7O2. The number of rotatable bonds is 4. The van der Waals surface area contributed by atoms with Crippen LogP contribution in [0.25, 0.3) is 11.2 Å². The second-order valence-corrected chi connectivity index (χ2v) is 7.82. The summed E-state index contributed by atoms with van der Waals surface area (Å²) in [5.41, 5.74) is 9.29. The van der Waals surface area contributed by atoms with E-state index >= 15 is 0 Å². The normalized spacial score (nSPS) is 15.8. The molecule has 0 saturated carbocycles. The van der Waals surface area contributed by atoms with Gasteiger partial charge >= 0.3 is 5.69 Å². The summed E-state index contributed by atoms with van der Waals surface area (Å²) in [4.78, 5) is 32.2. The molecule has 9 nitrogen and oxygen atoms in total. The van der Waals surface area contributed by atoms with Gasteiger partial charge in [-0.15, -0.1) is 12.4 Å². The summed E-state index contributed by atoms with van der Waals surface area (Å²) < 4.78 is 3.08. The van der Waals surface area contributed by atoms with Crippen LogP contribution in [-0.4, -0.2) is 46.2 Å². The summed E-state index contributed by atoms with van der Waals surface area (Å²) >= 11 is 0. The molecule has 10 heteroatoms. The number of amides is 1. The predicted octanol–water partition coefficient (Wildman–Crippen LogP) is 1.36. The summed E-state index contributed by atoms with van der Waals surface area (Å²) in [6, 6.07) is 11.2. The molecule has 0 aliphatic carbocycles. The van der Waals surface area contributed by atoms with Crippen LogP contribution in [0.5, 0.6) is 0 Å². The summed E-state index contributed by atoms with van der Waals surface area (Å²) in [5.74, 6) is -0.320. The van der Waals surface area contributed by atoms with Gasteiger partial charge in [-0.3, -0.25) is 13.9 Å². The second kappa shape index (κ2) is 9.42. The molecule has 1 aliphatic rings. The molecule has 0 radical (unpaired) electrons. The van der Waals surface area contributed by atoms with Gasteiger partial charge in [-0.05, 0) is 30.5 Å². The number of aryl methyl sites for hydroxylation is 1. The number of aromatic nitrogens is 3. The monoisotopic (exact) mass is 455 g/mol. The quantitative estimate of drug-likeness (QED) is 0.612. The van der Waals surface area contributed by atoms with Gasteiger partial charge in [-0.2, -0.15) is 5.26 Å². The Kier molecular flexibility index (Phi) is 6.87. The molecule has 0 unspecified atom stereocenters. The maximum atomic E-state index is 13.2. The molecule has 1 aliphatic heterocycles. The number of anilines is 1. The van der Waals surface area contributed by atoms with E-state index in [1.165, 1.54) is 4.57 Å². The van der Waals surface area contributed by atoms with E-state index in [2.05, 4.69) is 21.3 Å². The molecule has 1 aromatic carbocycles. The second-order valence-electron chi connectivity index (χ2n) is 7.82. The van der Waals surface area contributed by atoms with E-state index < -0.39 is 0 Å². The Bertz CT molecular complexity index is 1260. The molecule has 32 heavy (non-hydrogen) atoms. The van der Waals surface area contributed by atoms with Crippen LogP contribution < -0.4 is 21.6 Å². The van der Waals surface area contributed by atoms with Crippen LogP contribution in [0.3, 0.4) is 0 Å². The van der Waals surface area contributed by atoms with E-state index in [0.717, 1.165) is 30.6 Å². The Morgan fingerprint density at radius 1 is 1.38 bits per heavy atom. The molecule has 1 atom stereocenters. The first-order valence-corrected chi connectivity index (χ1v) is 10.3. The van der Waals surface area contributed by atoms with Gasteiger partial charge in [0.05, 0.1) is 23.9 Å². The summed E-state index contributed by atoms with van der Waals surface area (Å²) in [6.45, 7) is 1.63. The lowest BCUT2D eigenvalue weighted by Crippen LogP contribution is -2.43. The van der Waals surface area contributed by atoms with Crippen LogP contribution in [0, 0.1) is 11.3 Å². The summed E-state index contributed by atoms with van der Waals surface area (Å²) in [7, 11) is 3.19. The molecule has 0 spiro atoms. The number of piperidine rings is 1. The predicted molar refractivity (Wildman–Crippen MR) is 125 cm³/mol. The number of nitrogens with one attached hydrogen (secondary N) is 1. The van der Waals surface area contributed by atoms with Gasteiger partial charge in [0.25, 0.3) is 5.91 Å². The number of carbonyl (C=O) groups excluding carboxylic acids is 1. The van der Waals surface area contributed by atoms with Gasteiger partial charge in [0.15, 0.2) is 5.65 Å². The van der Waals surface area contributed by atoms with E-state index in [-0.39, 0.29) is 42.3 Å². The number of hydrogen-bond donors (Lipinski definition) is 2. The van der Waals surface area contributed by atoms with E-state index in [9.17, 15) is 14.9 Å². The number of nitriles is 1. The fourth-order valence-electron chi connectivity index (χ4n) is 4.17. The fourth-order valence-corrected chi connectivity index (χ4v) is 4.17. The summed E-state index contributed by atoms with van der Waals surface area (Å²) in [5, 5.41) is 12.1. The van der Waals surface area contributed by atoms with Crippen molar-refractivity contribution < 1.29 is 4.79 Å². The number of nitrogens with two attached hydrogens (primary N) is 1.